The number of hydrogen-bond donors (Lipinski definition) is 1. The summed E-state index contributed by atoms with van der Waals surface area (Å²) in [5.74, 6) is 0.281. The summed E-state index contributed by atoms with van der Waals surface area (Å²) in [7, 11) is -1.32. The Morgan fingerprint density at radius 3 is 2.23 bits per heavy atom. The van der Waals surface area contributed by atoms with E-state index in [0.29, 0.717) is 28.2 Å². The van der Waals surface area contributed by atoms with Crippen LogP contribution in [0.25, 0.3) is 0 Å². The van der Waals surface area contributed by atoms with Crippen LogP contribution in [-0.4, -0.2) is 41.7 Å². The second-order valence-electron chi connectivity index (χ2n) is 7.10. The first-order valence-electron chi connectivity index (χ1n) is 10.4. The summed E-state index contributed by atoms with van der Waals surface area (Å²) in [6.45, 7) is 1.53. The summed E-state index contributed by atoms with van der Waals surface area (Å²) in [5.41, 5.74) is 0.473. The largest absolute Gasteiger partial charge is 0.495 e. The summed E-state index contributed by atoms with van der Waals surface area (Å²) in [5, 5.41) is 3.35. The van der Waals surface area contributed by atoms with Crippen LogP contribution in [-0.2, 0) is 14.8 Å². The Kier molecular flexibility index (Phi) is 8.71. The summed E-state index contributed by atoms with van der Waals surface area (Å²) in [6.07, 6.45) is 0. The van der Waals surface area contributed by atoms with Crippen molar-refractivity contribution >= 4 is 50.5 Å². The highest BCUT2D eigenvalue weighted by Gasteiger charge is 2.30. The number of rotatable bonds is 10. The second kappa shape index (κ2) is 11.5. The fraction of sp³-hybridized carbons (Fsp3) is 0.208. The first kappa shape index (κ1) is 26.5. The predicted octanol–water partition coefficient (Wildman–Crippen LogP) is 5.24. The maximum Gasteiger partial charge on any atom is 0.264 e. The van der Waals surface area contributed by atoms with Crippen molar-refractivity contribution in [2.75, 3.05) is 37.0 Å². The minimum Gasteiger partial charge on any atom is -0.495 e. The highest BCUT2D eigenvalue weighted by Crippen LogP contribution is 2.36. The molecular weight excluding hydrogens is 515 g/mol. The molecule has 186 valence electrons. The standard InChI is InChI=1S/C24H24Cl2N2O6S/c1-4-34-21-8-6-5-7-20(21)28(35(30,31)17-11-9-16(25)10-12-17)15-24(29)27-19-14-22(32-2)18(26)13-23(19)33-3/h5-14H,4,15H2,1-3H3,(H,27,29). The lowest BCUT2D eigenvalue weighted by Crippen LogP contribution is -2.38. The zero-order chi connectivity index (χ0) is 25.6. The van der Waals surface area contributed by atoms with Gasteiger partial charge in [0.1, 0.15) is 23.8 Å². The number of hydrogen-bond acceptors (Lipinski definition) is 6. The first-order valence-corrected chi connectivity index (χ1v) is 12.6. The Labute approximate surface area is 214 Å². The first-order chi connectivity index (χ1) is 16.7. The van der Waals surface area contributed by atoms with E-state index in [1.165, 1.54) is 50.6 Å². The van der Waals surface area contributed by atoms with E-state index >= 15 is 0 Å². The van der Waals surface area contributed by atoms with Crippen LogP contribution in [0.4, 0.5) is 11.4 Å². The van der Waals surface area contributed by atoms with Gasteiger partial charge in [-0.25, -0.2) is 8.42 Å². The van der Waals surface area contributed by atoms with Crippen molar-refractivity contribution in [3.8, 4) is 17.2 Å². The molecule has 1 amide bonds. The molecule has 0 unspecified atom stereocenters. The Balaban J connectivity index is 2.03. The number of amides is 1. The molecule has 0 spiro atoms. The molecule has 3 aromatic carbocycles. The lowest BCUT2D eigenvalue weighted by molar-refractivity contribution is -0.114. The number of anilines is 2. The molecule has 0 radical (unpaired) electrons. The molecule has 0 heterocycles. The van der Waals surface area contributed by atoms with Gasteiger partial charge in [-0.15, -0.1) is 0 Å². The van der Waals surface area contributed by atoms with E-state index in [9.17, 15) is 13.2 Å². The van der Waals surface area contributed by atoms with Crippen molar-refractivity contribution in [1.82, 2.24) is 0 Å². The number of carbonyl (C=O) groups is 1. The van der Waals surface area contributed by atoms with Crippen LogP contribution < -0.4 is 23.8 Å². The van der Waals surface area contributed by atoms with E-state index in [1.54, 1.807) is 31.2 Å². The fourth-order valence-electron chi connectivity index (χ4n) is 3.25. The SMILES string of the molecule is CCOc1ccccc1N(CC(=O)Nc1cc(OC)c(Cl)cc1OC)S(=O)(=O)c1ccc(Cl)cc1. The molecule has 35 heavy (non-hydrogen) atoms. The third-order valence-corrected chi connectivity index (χ3v) is 7.19. The normalized spacial score (nSPS) is 11.0. The lowest BCUT2D eigenvalue weighted by Gasteiger charge is -2.26. The molecule has 0 aromatic heterocycles. The Bertz CT molecular complexity index is 1300. The van der Waals surface area contributed by atoms with Gasteiger partial charge in [-0.1, -0.05) is 35.3 Å². The topological polar surface area (TPSA) is 94.2 Å². The molecule has 0 fully saturated rings. The predicted molar refractivity (Wildman–Crippen MR) is 137 cm³/mol. The average molecular weight is 539 g/mol. The molecule has 0 aliphatic heterocycles. The molecular formula is C24H24Cl2N2O6S. The van der Waals surface area contributed by atoms with Gasteiger partial charge in [-0.3, -0.25) is 9.10 Å². The minimum absolute atomic E-state index is 0.0354. The van der Waals surface area contributed by atoms with Crippen molar-refractivity contribution in [2.24, 2.45) is 0 Å². The monoisotopic (exact) mass is 538 g/mol. The third-order valence-electron chi connectivity index (χ3n) is 4.87. The van der Waals surface area contributed by atoms with Gasteiger partial charge in [-0.05, 0) is 43.3 Å². The van der Waals surface area contributed by atoms with Crippen molar-refractivity contribution in [3.05, 3.63) is 70.7 Å². The zero-order valence-electron chi connectivity index (χ0n) is 19.2. The molecule has 1 N–H and O–H groups in total. The van der Waals surface area contributed by atoms with Crippen LogP contribution in [0.15, 0.2) is 65.6 Å². The van der Waals surface area contributed by atoms with Crippen molar-refractivity contribution in [2.45, 2.75) is 11.8 Å². The maximum absolute atomic E-state index is 13.6. The number of ether oxygens (including phenoxy) is 3. The Hall–Kier alpha value is -3.14. The molecule has 0 saturated carbocycles. The second-order valence-corrected chi connectivity index (χ2v) is 9.81. The lowest BCUT2D eigenvalue weighted by atomic mass is 10.2. The molecule has 0 bridgehead atoms. The van der Waals surface area contributed by atoms with E-state index in [1.807, 2.05) is 0 Å². The van der Waals surface area contributed by atoms with Crippen LogP contribution in [0.5, 0.6) is 17.2 Å². The summed E-state index contributed by atoms with van der Waals surface area (Å²) in [4.78, 5) is 13.1. The molecule has 0 aliphatic rings. The van der Waals surface area contributed by atoms with Crippen LogP contribution in [0.3, 0.4) is 0 Å². The van der Waals surface area contributed by atoms with Gasteiger partial charge < -0.3 is 19.5 Å². The number of nitrogens with zero attached hydrogens (tertiary/aromatic N) is 1. The quantitative estimate of drug-likeness (QED) is 0.379. The van der Waals surface area contributed by atoms with Crippen LogP contribution in [0.1, 0.15) is 6.92 Å². The van der Waals surface area contributed by atoms with Gasteiger partial charge in [0.15, 0.2) is 0 Å². The Morgan fingerprint density at radius 1 is 0.943 bits per heavy atom. The fourth-order valence-corrected chi connectivity index (χ4v) is 5.04. The molecule has 0 atom stereocenters. The van der Waals surface area contributed by atoms with E-state index in [2.05, 4.69) is 5.32 Å². The van der Waals surface area contributed by atoms with Crippen molar-refractivity contribution in [3.63, 3.8) is 0 Å². The molecule has 11 heteroatoms. The maximum atomic E-state index is 13.6. The van der Waals surface area contributed by atoms with Crippen LogP contribution >= 0.6 is 23.2 Å². The molecule has 3 rings (SSSR count). The van der Waals surface area contributed by atoms with Crippen molar-refractivity contribution < 1.29 is 27.4 Å². The highest BCUT2D eigenvalue weighted by atomic mass is 35.5. The summed E-state index contributed by atoms with van der Waals surface area (Å²) < 4.78 is 44.4. The van der Waals surface area contributed by atoms with Crippen LogP contribution in [0.2, 0.25) is 10.0 Å². The Morgan fingerprint density at radius 2 is 1.60 bits per heavy atom. The summed E-state index contributed by atoms with van der Waals surface area (Å²) >= 11 is 12.1. The zero-order valence-corrected chi connectivity index (χ0v) is 21.6. The number of methoxy groups -OCH3 is 2. The molecule has 3 aromatic rings. The van der Waals surface area contributed by atoms with Gasteiger partial charge in [0, 0.05) is 17.2 Å². The van der Waals surface area contributed by atoms with Crippen molar-refractivity contribution in [1.29, 1.82) is 0 Å². The molecule has 0 aliphatic carbocycles. The smallest absolute Gasteiger partial charge is 0.264 e. The number of para-hydroxylation sites is 2. The average Bonchev–Trinajstić information content (AvgIpc) is 2.84. The van der Waals surface area contributed by atoms with Gasteiger partial charge >= 0.3 is 0 Å². The number of sulfonamides is 1. The van der Waals surface area contributed by atoms with Crippen LogP contribution in [0, 0.1) is 0 Å². The van der Waals surface area contributed by atoms with E-state index < -0.39 is 22.5 Å². The minimum atomic E-state index is -4.18. The van der Waals surface area contributed by atoms with E-state index in [-0.39, 0.29) is 22.0 Å². The number of carbonyl (C=O) groups excluding carboxylic acids is 1. The molecule has 0 saturated heterocycles. The van der Waals surface area contributed by atoms with Gasteiger partial charge in [0.2, 0.25) is 5.91 Å². The van der Waals surface area contributed by atoms with Gasteiger partial charge in [0.25, 0.3) is 10.0 Å². The number of halogens is 2. The molecule has 8 nitrogen and oxygen atoms in total. The van der Waals surface area contributed by atoms with Gasteiger partial charge in [0.05, 0.1) is 42.1 Å². The number of nitrogens with one attached hydrogen (secondary N) is 1. The third kappa shape index (κ3) is 6.11. The van der Waals surface area contributed by atoms with E-state index in [4.69, 9.17) is 37.4 Å². The van der Waals surface area contributed by atoms with E-state index in [0.717, 1.165) is 4.31 Å². The highest BCUT2D eigenvalue weighted by molar-refractivity contribution is 7.92. The van der Waals surface area contributed by atoms with Gasteiger partial charge in [-0.2, -0.15) is 0 Å². The number of benzene rings is 3. The summed E-state index contributed by atoms with van der Waals surface area (Å²) in [6, 6.07) is 15.2.